The molecule has 0 spiro atoms. The molecule has 2 aromatic rings. The van der Waals surface area contributed by atoms with Crippen LogP contribution in [0.1, 0.15) is 25.0 Å². The van der Waals surface area contributed by atoms with Crippen molar-refractivity contribution in [3.63, 3.8) is 0 Å². The zero-order valence-corrected chi connectivity index (χ0v) is 16.3. The van der Waals surface area contributed by atoms with Crippen LogP contribution in [0.3, 0.4) is 0 Å². The summed E-state index contributed by atoms with van der Waals surface area (Å²) in [7, 11) is -1.98. The average Bonchev–Trinajstić information content (AvgIpc) is 2.64. The molecule has 0 fully saturated rings. The predicted molar refractivity (Wildman–Crippen MR) is 104 cm³/mol. The van der Waals surface area contributed by atoms with Crippen molar-refractivity contribution < 1.29 is 17.6 Å². The molecular formula is C20H23FN2O3S. The van der Waals surface area contributed by atoms with Crippen LogP contribution < -0.4 is 5.32 Å². The summed E-state index contributed by atoms with van der Waals surface area (Å²) in [5.74, 6) is -0.689. The Morgan fingerprint density at radius 3 is 2.44 bits per heavy atom. The molecule has 0 aliphatic heterocycles. The molecule has 5 nitrogen and oxygen atoms in total. The summed E-state index contributed by atoms with van der Waals surface area (Å²) >= 11 is 0. The second kappa shape index (κ2) is 8.92. The van der Waals surface area contributed by atoms with E-state index in [-0.39, 0.29) is 29.2 Å². The topological polar surface area (TPSA) is 66.5 Å². The van der Waals surface area contributed by atoms with Gasteiger partial charge in [0.2, 0.25) is 15.9 Å². The molecule has 0 aromatic heterocycles. The summed E-state index contributed by atoms with van der Waals surface area (Å²) in [4.78, 5) is 12.1. The van der Waals surface area contributed by atoms with Crippen LogP contribution in [-0.2, 0) is 21.4 Å². The second-order valence-corrected chi connectivity index (χ2v) is 8.36. The van der Waals surface area contributed by atoms with E-state index in [0.29, 0.717) is 5.56 Å². The molecule has 0 saturated heterocycles. The van der Waals surface area contributed by atoms with Crippen molar-refractivity contribution in [2.45, 2.75) is 31.3 Å². The normalized spacial score (nSPS) is 12.1. The van der Waals surface area contributed by atoms with Gasteiger partial charge < -0.3 is 5.32 Å². The number of sulfonamides is 1. The van der Waals surface area contributed by atoms with Gasteiger partial charge >= 0.3 is 0 Å². The van der Waals surface area contributed by atoms with Crippen LogP contribution in [0.25, 0.3) is 6.08 Å². The van der Waals surface area contributed by atoms with Gasteiger partial charge in [-0.2, -0.15) is 4.31 Å². The number of amides is 1. The third kappa shape index (κ3) is 5.74. The zero-order valence-electron chi connectivity index (χ0n) is 15.5. The summed E-state index contributed by atoms with van der Waals surface area (Å²) < 4.78 is 39.2. The first-order valence-corrected chi connectivity index (χ1v) is 9.92. The highest BCUT2D eigenvalue weighted by Gasteiger charge is 2.22. The number of nitrogens with one attached hydrogen (secondary N) is 1. The first kappa shape index (κ1) is 20.8. The highest BCUT2D eigenvalue weighted by atomic mass is 32.2. The van der Waals surface area contributed by atoms with Gasteiger partial charge in [0.15, 0.2) is 0 Å². The molecule has 1 N–H and O–H groups in total. The highest BCUT2D eigenvalue weighted by Crippen LogP contribution is 2.17. The maximum atomic E-state index is 13.1. The third-order valence-corrected chi connectivity index (χ3v) is 6.12. The minimum Gasteiger partial charge on any atom is -0.348 e. The van der Waals surface area contributed by atoms with Gasteiger partial charge in [-0.15, -0.1) is 0 Å². The van der Waals surface area contributed by atoms with E-state index in [1.165, 1.54) is 40.7 Å². The van der Waals surface area contributed by atoms with Crippen LogP contribution in [0.15, 0.2) is 59.5 Å². The summed E-state index contributed by atoms with van der Waals surface area (Å²) in [6.45, 7) is 3.87. The lowest BCUT2D eigenvalue weighted by atomic mass is 10.2. The molecule has 0 aliphatic rings. The van der Waals surface area contributed by atoms with Crippen molar-refractivity contribution in [2.24, 2.45) is 0 Å². The van der Waals surface area contributed by atoms with Crippen molar-refractivity contribution in [1.29, 1.82) is 0 Å². The van der Waals surface area contributed by atoms with Crippen LogP contribution in [0.4, 0.5) is 4.39 Å². The Labute approximate surface area is 159 Å². The van der Waals surface area contributed by atoms with Crippen molar-refractivity contribution >= 4 is 22.0 Å². The smallest absolute Gasteiger partial charge is 0.244 e. The Morgan fingerprint density at radius 1 is 1.19 bits per heavy atom. The van der Waals surface area contributed by atoms with Gasteiger partial charge in [0, 0.05) is 25.7 Å². The molecule has 0 aliphatic carbocycles. The van der Waals surface area contributed by atoms with Gasteiger partial charge in [0.05, 0.1) is 4.90 Å². The van der Waals surface area contributed by atoms with Gasteiger partial charge in [-0.25, -0.2) is 12.8 Å². The number of benzene rings is 2. The monoisotopic (exact) mass is 390 g/mol. The lowest BCUT2D eigenvalue weighted by Crippen LogP contribution is -2.33. The van der Waals surface area contributed by atoms with Crippen molar-refractivity contribution in [1.82, 2.24) is 9.62 Å². The fourth-order valence-electron chi connectivity index (χ4n) is 2.25. The van der Waals surface area contributed by atoms with E-state index in [9.17, 15) is 17.6 Å². The van der Waals surface area contributed by atoms with E-state index in [4.69, 9.17) is 0 Å². The van der Waals surface area contributed by atoms with Crippen molar-refractivity contribution in [3.8, 4) is 0 Å². The van der Waals surface area contributed by atoms with Crippen molar-refractivity contribution in [3.05, 3.63) is 71.6 Å². The van der Waals surface area contributed by atoms with E-state index < -0.39 is 10.0 Å². The molecular weight excluding hydrogens is 367 g/mol. The van der Waals surface area contributed by atoms with E-state index in [0.717, 1.165) is 5.56 Å². The van der Waals surface area contributed by atoms with Crippen LogP contribution >= 0.6 is 0 Å². The molecule has 2 rings (SSSR count). The maximum absolute atomic E-state index is 13.1. The molecule has 0 atom stereocenters. The largest absolute Gasteiger partial charge is 0.348 e. The molecule has 27 heavy (non-hydrogen) atoms. The molecule has 0 heterocycles. The fraction of sp³-hybridized carbons (Fsp3) is 0.250. The molecule has 1 amide bonds. The Bertz CT molecular complexity index is 922. The number of nitrogens with zero attached hydrogens (tertiary/aromatic N) is 1. The van der Waals surface area contributed by atoms with Gasteiger partial charge in [-0.05, 0) is 55.3 Å². The first-order chi connectivity index (χ1) is 12.7. The van der Waals surface area contributed by atoms with Crippen molar-refractivity contribution in [2.75, 3.05) is 7.05 Å². The molecule has 0 unspecified atom stereocenters. The van der Waals surface area contributed by atoms with Crippen LogP contribution in [0.5, 0.6) is 0 Å². The number of carbonyl (C=O) groups is 1. The summed E-state index contributed by atoms with van der Waals surface area (Å²) in [6.07, 6.45) is 2.85. The lowest BCUT2D eigenvalue weighted by Gasteiger charge is -2.21. The Hall–Kier alpha value is -2.51. The Kier molecular flexibility index (Phi) is 6.87. The predicted octanol–water partition coefficient (Wildman–Crippen LogP) is 3.18. The second-order valence-electron chi connectivity index (χ2n) is 6.37. The molecule has 0 radical (unpaired) electrons. The van der Waals surface area contributed by atoms with Gasteiger partial charge in [-0.3, -0.25) is 4.79 Å². The number of rotatable bonds is 7. The molecule has 7 heteroatoms. The van der Waals surface area contributed by atoms with E-state index in [1.54, 1.807) is 45.2 Å². The van der Waals surface area contributed by atoms with Crippen LogP contribution in [-0.4, -0.2) is 31.7 Å². The fourth-order valence-corrected chi connectivity index (χ4v) is 3.62. The standard InChI is InChI=1S/C20H23FN2O3S/c1-15(2)23(3)27(25,26)19-10-7-17(8-11-19)14-22-20(24)12-9-16-5-4-6-18(21)13-16/h4-13,15H,14H2,1-3H3,(H,22,24). The highest BCUT2D eigenvalue weighted by molar-refractivity contribution is 7.89. The van der Waals surface area contributed by atoms with Gasteiger partial charge in [0.25, 0.3) is 0 Å². The molecule has 144 valence electrons. The van der Waals surface area contributed by atoms with Gasteiger partial charge in [-0.1, -0.05) is 24.3 Å². The number of halogens is 1. The third-order valence-electron chi connectivity index (χ3n) is 4.07. The SMILES string of the molecule is CC(C)N(C)S(=O)(=O)c1ccc(CNC(=O)C=Cc2cccc(F)c2)cc1. The average molecular weight is 390 g/mol. The number of hydrogen-bond acceptors (Lipinski definition) is 3. The van der Waals surface area contributed by atoms with E-state index in [1.807, 2.05) is 0 Å². The minimum absolute atomic E-state index is 0.140. The lowest BCUT2D eigenvalue weighted by molar-refractivity contribution is -0.116. The summed E-state index contributed by atoms with van der Waals surface area (Å²) in [5, 5.41) is 2.70. The number of carbonyl (C=O) groups excluding carboxylic acids is 1. The maximum Gasteiger partial charge on any atom is 0.244 e. The first-order valence-electron chi connectivity index (χ1n) is 8.48. The van der Waals surface area contributed by atoms with E-state index in [2.05, 4.69) is 5.32 Å². The van der Waals surface area contributed by atoms with Crippen LogP contribution in [0, 0.1) is 5.82 Å². The Morgan fingerprint density at radius 2 is 1.85 bits per heavy atom. The minimum atomic E-state index is -3.52. The quantitative estimate of drug-likeness (QED) is 0.739. The molecule has 0 bridgehead atoms. The Balaban J connectivity index is 1.96. The number of hydrogen-bond donors (Lipinski definition) is 1. The van der Waals surface area contributed by atoms with E-state index >= 15 is 0 Å². The summed E-state index contributed by atoms with van der Waals surface area (Å²) in [6, 6.07) is 12.2. The molecule has 2 aromatic carbocycles. The zero-order chi connectivity index (χ0) is 20.0. The molecule has 0 saturated carbocycles. The van der Waals surface area contributed by atoms with Crippen LogP contribution in [0.2, 0.25) is 0 Å². The van der Waals surface area contributed by atoms with Gasteiger partial charge in [0.1, 0.15) is 5.82 Å². The summed E-state index contributed by atoms with van der Waals surface area (Å²) in [5.41, 5.74) is 1.36.